The number of nitrogens with one attached hydrogen (secondary N) is 2. The second-order valence-corrected chi connectivity index (χ2v) is 7.29. The highest BCUT2D eigenvalue weighted by molar-refractivity contribution is 6.32. The van der Waals surface area contributed by atoms with Crippen LogP contribution >= 0.6 is 11.6 Å². The van der Waals surface area contributed by atoms with Gasteiger partial charge in [-0.05, 0) is 37.3 Å². The quantitative estimate of drug-likeness (QED) is 0.230. The van der Waals surface area contributed by atoms with Gasteiger partial charge in [0.2, 0.25) is 12.4 Å². The van der Waals surface area contributed by atoms with E-state index < -0.39 is 4.92 Å². The number of ether oxygens (including phenoxy) is 1. The molecule has 11 heteroatoms. The summed E-state index contributed by atoms with van der Waals surface area (Å²) >= 11 is 5.87. The van der Waals surface area contributed by atoms with Crippen LogP contribution in [-0.2, 0) is 4.79 Å². The fraction of sp³-hybridized carbons (Fsp3) is 0.0952. The van der Waals surface area contributed by atoms with Crippen LogP contribution in [0.3, 0.4) is 0 Å². The Hall–Kier alpha value is -4.18. The predicted molar refractivity (Wildman–Crippen MR) is 121 cm³/mol. The number of carbonyl (C=O) groups is 1. The zero-order chi connectivity index (χ0) is 22.8. The number of hydrogen-bond acceptors (Lipinski definition) is 7. The van der Waals surface area contributed by atoms with E-state index in [1.807, 2.05) is 13.0 Å². The van der Waals surface area contributed by atoms with E-state index in [-0.39, 0.29) is 10.7 Å². The molecule has 1 amide bonds. The second-order valence-electron chi connectivity index (χ2n) is 6.89. The minimum Gasteiger partial charge on any atom is -0.457 e. The number of anilines is 3. The van der Waals surface area contributed by atoms with E-state index in [2.05, 4.69) is 20.3 Å². The minimum absolute atomic E-state index is 0.0568. The zero-order valence-corrected chi connectivity index (χ0v) is 17.8. The summed E-state index contributed by atoms with van der Waals surface area (Å²) in [5.41, 5.74) is 2.50. The second kappa shape index (κ2) is 8.52. The highest BCUT2D eigenvalue weighted by atomic mass is 35.5. The van der Waals surface area contributed by atoms with Gasteiger partial charge in [0.1, 0.15) is 22.3 Å². The number of fused-ring (bicyclic) bond motifs is 1. The number of carbonyl (C=O) groups excluding carboxylic acids is 1. The van der Waals surface area contributed by atoms with Crippen molar-refractivity contribution in [1.82, 2.24) is 15.0 Å². The first-order valence-electron chi connectivity index (χ1n) is 9.38. The average molecular weight is 453 g/mol. The van der Waals surface area contributed by atoms with Crippen molar-refractivity contribution >= 4 is 52.2 Å². The molecule has 0 saturated carbocycles. The first-order chi connectivity index (χ1) is 15.4. The lowest BCUT2D eigenvalue weighted by Crippen LogP contribution is -2.14. The van der Waals surface area contributed by atoms with Crippen molar-refractivity contribution in [2.24, 2.45) is 0 Å². The number of halogens is 1. The number of nitro groups is 1. The maximum Gasteiger partial charge on any atom is 0.289 e. The molecule has 0 aliphatic rings. The normalized spacial score (nSPS) is 10.7. The molecule has 2 aromatic heterocycles. The summed E-state index contributed by atoms with van der Waals surface area (Å²) in [6, 6.07) is 11.4. The smallest absolute Gasteiger partial charge is 0.289 e. The predicted octanol–water partition coefficient (Wildman–Crippen LogP) is 4.96. The Morgan fingerprint density at radius 1 is 1.25 bits per heavy atom. The van der Waals surface area contributed by atoms with Crippen LogP contribution < -0.4 is 15.0 Å². The van der Waals surface area contributed by atoms with Crippen LogP contribution in [0.4, 0.5) is 23.1 Å². The Morgan fingerprint density at radius 3 is 2.81 bits per heavy atom. The van der Waals surface area contributed by atoms with Gasteiger partial charge in [0.15, 0.2) is 0 Å². The number of pyridine rings is 1. The zero-order valence-electron chi connectivity index (χ0n) is 17.0. The number of imidazole rings is 1. The summed E-state index contributed by atoms with van der Waals surface area (Å²) in [4.78, 5) is 34.7. The first kappa shape index (κ1) is 21.1. The van der Waals surface area contributed by atoms with E-state index in [4.69, 9.17) is 16.3 Å². The van der Waals surface area contributed by atoms with E-state index in [0.717, 1.165) is 11.1 Å². The molecule has 0 aliphatic carbocycles. The molecule has 0 unspecified atom stereocenters. The molecule has 0 radical (unpaired) electrons. The molecule has 2 aromatic carbocycles. The summed E-state index contributed by atoms with van der Waals surface area (Å²) in [5.74, 6) is 1.98. The maximum atomic E-state index is 11.1. The van der Waals surface area contributed by atoms with Crippen LogP contribution in [0.2, 0.25) is 5.02 Å². The number of nitrogens with zero attached hydrogens (tertiary/aromatic N) is 4. The Morgan fingerprint density at radius 2 is 2.06 bits per heavy atom. The maximum absolute atomic E-state index is 11.1. The summed E-state index contributed by atoms with van der Waals surface area (Å²) in [5, 5.41) is 14.2. The van der Waals surface area contributed by atoms with Crippen molar-refractivity contribution in [3.8, 4) is 11.5 Å². The van der Waals surface area contributed by atoms with Crippen molar-refractivity contribution < 1.29 is 14.5 Å². The lowest BCUT2D eigenvalue weighted by Gasteiger charge is -2.12. The lowest BCUT2D eigenvalue weighted by atomic mass is 10.2. The number of aromatic amines is 1. The molecular formula is C21H17ClN6O4. The number of nitro benzene ring substituents is 1. The SMILES string of the molecule is Cc1c(Oc2ccnc(N(C)C=O)c2)ccc2[nH]c(Nc3ccc(Cl)c([N+](=O)[O-])c3)nc12. The number of benzene rings is 2. The molecule has 0 aliphatic heterocycles. The summed E-state index contributed by atoms with van der Waals surface area (Å²) in [6.45, 7) is 1.87. The van der Waals surface area contributed by atoms with Crippen LogP contribution in [0.25, 0.3) is 11.0 Å². The van der Waals surface area contributed by atoms with Gasteiger partial charge in [0.25, 0.3) is 5.69 Å². The van der Waals surface area contributed by atoms with Crippen LogP contribution in [0.1, 0.15) is 5.56 Å². The Kier molecular flexibility index (Phi) is 5.61. The summed E-state index contributed by atoms with van der Waals surface area (Å²) in [6.07, 6.45) is 2.22. The van der Waals surface area contributed by atoms with Gasteiger partial charge < -0.3 is 19.9 Å². The molecule has 0 saturated heterocycles. The van der Waals surface area contributed by atoms with Crippen LogP contribution in [0.5, 0.6) is 11.5 Å². The first-order valence-corrected chi connectivity index (χ1v) is 9.76. The molecule has 32 heavy (non-hydrogen) atoms. The third-order valence-electron chi connectivity index (χ3n) is 4.73. The highest BCUT2D eigenvalue weighted by Gasteiger charge is 2.15. The number of amides is 1. The Balaban J connectivity index is 1.61. The van der Waals surface area contributed by atoms with Crippen molar-refractivity contribution in [2.75, 3.05) is 17.3 Å². The fourth-order valence-corrected chi connectivity index (χ4v) is 3.25. The van der Waals surface area contributed by atoms with E-state index in [1.54, 1.807) is 37.5 Å². The van der Waals surface area contributed by atoms with E-state index in [9.17, 15) is 14.9 Å². The minimum atomic E-state index is -0.544. The largest absolute Gasteiger partial charge is 0.457 e. The molecule has 0 fully saturated rings. The molecule has 0 bridgehead atoms. The third kappa shape index (κ3) is 4.16. The lowest BCUT2D eigenvalue weighted by molar-refractivity contribution is -0.384. The van der Waals surface area contributed by atoms with Gasteiger partial charge in [-0.1, -0.05) is 11.6 Å². The molecule has 2 N–H and O–H groups in total. The van der Waals surface area contributed by atoms with Gasteiger partial charge in [-0.3, -0.25) is 14.9 Å². The monoisotopic (exact) mass is 452 g/mol. The highest BCUT2D eigenvalue weighted by Crippen LogP contribution is 2.33. The topological polar surface area (TPSA) is 126 Å². The molecule has 2 heterocycles. The number of hydrogen-bond donors (Lipinski definition) is 2. The van der Waals surface area contributed by atoms with Crippen LogP contribution in [-0.4, -0.2) is 33.3 Å². The number of rotatable bonds is 7. The third-order valence-corrected chi connectivity index (χ3v) is 5.05. The van der Waals surface area contributed by atoms with Gasteiger partial charge in [-0.2, -0.15) is 0 Å². The van der Waals surface area contributed by atoms with Crippen molar-refractivity contribution in [1.29, 1.82) is 0 Å². The molecule has 10 nitrogen and oxygen atoms in total. The van der Waals surface area contributed by atoms with Crippen molar-refractivity contribution in [3.63, 3.8) is 0 Å². The molecule has 0 atom stereocenters. The summed E-state index contributed by atoms with van der Waals surface area (Å²) < 4.78 is 5.99. The molecule has 0 spiro atoms. The number of H-pyrrole nitrogens is 1. The molecular weight excluding hydrogens is 436 g/mol. The van der Waals surface area contributed by atoms with E-state index in [1.165, 1.54) is 17.0 Å². The summed E-state index contributed by atoms with van der Waals surface area (Å²) in [7, 11) is 1.60. The van der Waals surface area contributed by atoms with E-state index >= 15 is 0 Å². The van der Waals surface area contributed by atoms with Gasteiger partial charge in [0, 0.05) is 36.6 Å². The van der Waals surface area contributed by atoms with E-state index in [0.29, 0.717) is 40.9 Å². The standard InChI is InChI=1S/C21H17ClN6O4/c1-12-18(32-14-7-8-23-19(10-14)27(2)11-29)6-5-16-20(12)26-21(25-16)24-13-3-4-15(22)17(9-13)28(30)31/h3-11H,1-2H3,(H2,24,25,26). The molecule has 162 valence electrons. The number of aryl methyl sites for hydroxylation is 1. The molecule has 4 rings (SSSR count). The Labute approximate surface area is 187 Å². The van der Waals surface area contributed by atoms with Crippen molar-refractivity contribution in [2.45, 2.75) is 6.92 Å². The van der Waals surface area contributed by atoms with Gasteiger partial charge in [0.05, 0.1) is 16.0 Å². The van der Waals surface area contributed by atoms with Gasteiger partial charge in [-0.15, -0.1) is 0 Å². The fourth-order valence-electron chi connectivity index (χ4n) is 3.07. The number of aromatic nitrogens is 3. The van der Waals surface area contributed by atoms with Gasteiger partial charge >= 0.3 is 0 Å². The average Bonchev–Trinajstić information content (AvgIpc) is 3.20. The van der Waals surface area contributed by atoms with Crippen molar-refractivity contribution in [3.05, 3.63) is 69.4 Å². The van der Waals surface area contributed by atoms with Crippen LogP contribution in [0, 0.1) is 17.0 Å². The molecule has 4 aromatic rings. The van der Waals surface area contributed by atoms with Gasteiger partial charge in [-0.25, -0.2) is 9.97 Å². The van der Waals surface area contributed by atoms with Crippen LogP contribution in [0.15, 0.2) is 48.7 Å². The Bertz CT molecular complexity index is 1340.